The quantitative estimate of drug-likeness (QED) is 0.826. The zero-order valence-corrected chi connectivity index (χ0v) is 15.0. The number of hydrogen-bond acceptors (Lipinski definition) is 5. The summed E-state index contributed by atoms with van der Waals surface area (Å²) in [6.07, 6.45) is 9.67. The third-order valence-corrected chi connectivity index (χ3v) is 5.99. The highest BCUT2D eigenvalue weighted by atomic mass is 32.1. The number of nitrogens with zero attached hydrogens (tertiary/aromatic N) is 3. The molecule has 1 N–H and O–H groups in total. The van der Waals surface area contributed by atoms with Crippen molar-refractivity contribution in [2.24, 2.45) is 5.92 Å². The molecule has 3 rings (SSSR count). The first-order chi connectivity index (χ1) is 11.5. The summed E-state index contributed by atoms with van der Waals surface area (Å²) in [5.74, 6) is 3.12. The monoisotopic (exact) mass is 347 g/mol. The molecule has 1 saturated carbocycles. The van der Waals surface area contributed by atoms with Crippen molar-refractivity contribution in [3.63, 3.8) is 0 Å². The fourth-order valence-electron chi connectivity index (χ4n) is 3.31. The first-order valence-electron chi connectivity index (χ1n) is 8.60. The Balaban J connectivity index is 1.58. The molecule has 0 spiro atoms. The van der Waals surface area contributed by atoms with Gasteiger partial charge in [0, 0.05) is 24.4 Å². The number of aliphatic hydroxyl groups is 1. The van der Waals surface area contributed by atoms with E-state index < -0.39 is 5.60 Å². The van der Waals surface area contributed by atoms with Crippen LogP contribution in [0.5, 0.6) is 0 Å². The van der Waals surface area contributed by atoms with E-state index in [4.69, 9.17) is 6.42 Å². The normalized spacial score (nSPS) is 20.7. The highest BCUT2D eigenvalue weighted by molar-refractivity contribution is 7.09. The van der Waals surface area contributed by atoms with Crippen molar-refractivity contribution in [1.82, 2.24) is 14.8 Å². The molecule has 2 heterocycles. The Labute approximate surface area is 147 Å². The van der Waals surface area contributed by atoms with Gasteiger partial charge in [-0.05, 0) is 32.7 Å². The summed E-state index contributed by atoms with van der Waals surface area (Å²) in [6.45, 7) is 2.51. The molecule has 0 radical (unpaired) electrons. The molecule has 5 nitrogen and oxygen atoms in total. The average molecular weight is 347 g/mol. The number of carbonyl (C=O) groups excluding carboxylic acids is 1. The fraction of sp³-hybridized carbons (Fsp3) is 0.667. The van der Waals surface area contributed by atoms with E-state index in [1.54, 1.807) is 11.3 Å². The molecule has 6 heteroatoms. The molecule has 1 saturated heterocycles. The van der Waals surface area contributed by atoms with Crippen LogP contribution in [0.15, 0.2) is 5.38 Å². The molecule has 2 aliphatic rings. The van der Waals surface area contributed by atoms with Crippen LogP contribution in [0.25, 0.3) is 0 Å². The van der Waals surface area contributed by atoms with Crippen LogP contribution >= 0.6 is 11.3 Å². The lowest BCUT2D eigenvalue weighted by Crippen LogP contribution is -2.48. The molecule has 0 unspecified atom stereocenters. The highest BCUT2D eigenvalue weighted by Gasteiger charge is 2.39. The fourth-order valence-corrected chi connectivity index (χ4v) is 4.27. The molecule has 1 aliphatic heterocycles. The number of piperidine rings is 1. The summed E-state index contributed by atoms with van der Waals surface area (Å²) in [5.41, 5.74) is -0.164. The summed E-state index contributed by atoms with van der Waals surface area (Å²) in [4.78, 5) is 20.9. The van der Waals surface area contributed by atoms with E-state index in [0.717, 1.165) is 23.5 Å². The molecule has 1 aliphatic carbocycles. The van der Waals surface area contributed by atoms with Crippen molar-refractivity contribution < 1.29 is 9.90 Å². The predicted octanol–water partition coefficient (Wildman–Crippen LogP) is 1.82. The third-order valence-electron chi connectivity index (χ3n) is 5.15. The van der Waals surface area contributed by atoms with Gasteiger partial charge >= 0.3 is 0 Å². The van der Waals surface area contributed by atoms with Crippen LogP contribution in [-0.4, -0.2) is 52.5 Å². The van der Waals surface area contributed by atoms with E-state index in [1.807, 2.05) is 22.2 Å². The molecule has 1 amide bonds. The summed E-state index contributed by atoms with van der Waals surface area (Å²) in [5, 5.41) is 13.9. The standard InChI is InChI=1S/C18H25N3O2S/c1-3-9-20(2)12-16-19-15(13-24-16)18(23)7-10-21(11-8-18)17(22)14-5-4-6-14/h1,13-14,23H,4-12H2,2H3. The van der Waals surface area contributed by atoms with E-state index in [-0.39, 0.29) is 11.8 Å². The maximum absolute atomic E-state index is 12.3. The molecule has 24 heavy (non-hydrogen) atoms. The van der Waals surface area contributed by atoms with Crippen LogP contribution in [0.1, 0.15) is 42.8 Å². The van der Waals surface area contributed by atoms with Crippen molar-refractivity contribution in [1.29, 1.82) is 0 Å². The molecular weight excluding hydrogens is 322 g/mol. The Bertz CT molecular complexity index is 624. The zero-order valence-electron chi connectivity index (χ0n) is 14.2. The zero-order chi connectivity index (χ0) is 17.2. The van der Waals surface area contributed by atoms with Gasteiger partial charge in [-0.2, -0.15) is 0 Å². The van der Waals surface area contributed by atoms with Gasteiger partial charge in [-0.3, -0.25) is 9.69 Å². The van der Waals surface area contributed by atoms with E-state index >= 15 is 0 Å². The van der Waals surface area contributed by atoms with Crippen LogP contribution in [-0.2, 0) is 16.9 Å². The second-order valence-electron chi connectivity index (χ2n) is 6.99. The topological polar surface area (TPSA) is 56.7 Å². The van der Waals surface area contributed by atoms with Gasteiger partial charge in [0.1, 0.15) is 10.6 Å². The molecule has 130 valence electrons. The second-order valence-corrected chi connectivity index (χ2v) is 7.93. The molecule has 0 bridgehead atoms. The van der Waals surface area contributed by atoms with Crippen molar-refractivity contribution >= 4 is 17.2 Å². The van der Waals surface area contributed by atoms with Gasteiger partial charge in [0.15, 0.2) is 0 Å². The Kier molecular flexibility index (Phi) is 5.24. The lowest BCUT2D eigenvalue weighted by Gasteiger charge is -2.40. The van der Waals surface area contributed by atoms with E-state index in [2.05, 4.69) is 10.9 Å². The van der Waals surface area contributed by atoms with Crippen LogP contribution in [0, 0.1) is 18.3 Å². The first-order valence-corrected chi connectivity index (χ1v) is 9.48. The number of carbonyl (C=O) groups is 1. The van der Waals surface area contributed by atoms with Gasteiger partial charge in [0.05, 0.1) is 18.8 Å². The summed E-state index contributed by atoms with van der Waals surface area (Å²) >= 11 is 1.56. The second kappa shape index (κ2) is 7.22. The van der Waals surface area contributed by atoms with Crippen LogP contribution in [0.2, 0.25) is 0 Å². The SMILES string of the molecule is C#CCN(C)Cc1nc(C2(O)CCN(C(=O)C3CCC3)CC2)cs1. The Morgan fingerprint density at radius 2 is 2.25 bits per heavy atom. The minimum atomic E-state index is -0.907. The predicted molar refractivity (Wildman–Crippen MR) is 94.3 cm³/mol. The highest BCUT2D eigenvalue weighted by Crippen LogP contribution is 2.35. The number of hydrogen-bond donors (Lipinski definition) is 1. The van der Waals surface area contributed by atoms with Gasteiger partial charge in [-0.15, -0.1) is 17.8 Å². The molecular formula is C18H25N3O2S. The summed E-state index contributed by atoms with van der Waals surface area (Å²) < 4.78 is 0. The maximum Gasteiger partial charge on any atom is 0.225 e. The van der Waals surface area contributed by atoms with Gasteiger partial charge in [-0.1, -0.05) is 12.3 Å². The number of amides is 1. The van der Waals surface area contributed by atoms with Gasteiger partial charge in [0.2, 0.25) is 5.91 Å². The van der Waals surface area contributed by atoms with Crippen molar-refractivity contribution in [2.75, 3.05) is 26.7 Å². The number of thiazole rings is 1. The largest absolute Gasteiger partial charge is 0.383 e. The van der Waals surface area contributed by atoms with Crippen LogP contribution in [0.4, 0.5) is 0 Å². The van der Waals surface area contributed by atoms with E-state index in [1.165, 1.54) is 6.42 Å². The summed E-state index contributed by atoms with van der Waals surface area (Å²) in [7, 11) is 1.96. The molecule has 0 atom stereocenters. The minimum Gasteiger partial charge on any atom is -0.383 e. The van der Waals surface area contributed by atoms with Gasteiger partial charge < -0.3 is 10.0 Å². The number of terminal acetylenes is 1. The molecule has 1 aromatic rings. The number of likely N-dealkylation sites (tertiary alicyclic amines) is 1. The van der Waals surface area contributed by atoms with Crippen molar-refractivity contribution in [2.45, 2.75) is 44.2 Å². The van der Waals surface area contributed by atoms with Gasteiger partial charge in [0.25, 0.3) is 0 Å². The Morgan fingerprint density at radius 3 is 2.83 bits per heavy atom. The minimum absolute atomic E-state index is 0.230. The molecule has 0 aromatic carbocycles. The van der Waals surface area contributed by atoms with Crippen molar-refractivity contribution in [3.8, 4) is 12.3 Å². The van der Waals surface area contributed by atoms with Crippen molar-refractivity contribution in [3.05, 3.63) is 16.1 Å². The average Bonchev–Trinajstić information content (AvgIpc) is 2.95. The first kappa shape index (κ1) is 17.4. The number of rotatable bonds is 5. The Hall–Kier alpha value is -1.42. The van der Waals surface area contributed by atoms with E-state index in [0.29, 0.717) is 39.0 Å². The van der Waals surface area contributed by atoms with Crippen LogP contribution < -0.4 is 0 Å². The number of aromatic nitrogens is 1. The smallest absolute Gasteiger partial charge is 0.225 e. The summed E-state index contributed by atoms with van der Waals surface area (Å²) in [6, 6.07) is 0. The third kappa shape index (κ3) is 3.64. The van der Waals surface area contributed by atoms with E-state index in [9.17, 15) is 9.90 Å². The van der Waals surface area contributed by atoms with Gasteiger partial charge in [-0.25, -0.2) is 4.98 Å². The lowest BCUT2D eigenvalue weighted by molar-refractivity contribution is -0.142. The van der Waals surface area contributed by atoms with Crippen LogP contribution in [0.3, 0.4) is 0 Å². The maximum atomic E-state index is 12.3. The lowest BCUT2D eigenvalue weighted by atomic mass is 9.82. The Morgan fingerprint density at radius 1 is 1.54 bits per heavy atom. The molecule has 1 aromatic heterocycles. The molecule has 2 fully saturated rings.